The molecule has 1 aromatic rings. The van der Waals surface area contributed by atoms with Gasteiger partial charge in [0.15, 0.2) is 0 Å². The van der Waals surface area contributed by atoms with Gasteiger partial charge in [-0.1, -0.05) is 57.7 Å². The number of hydrogen-bond acceptors (Lipinski definition) is 4. The van der Waals surface area contributed by atoms with E-state index in [-0.39, 0.29) is 0 Å². The average Bonchev–Trinajstić information content (AvgIpc) is 2.55. The molecule has 2 rings (SSSR count). The van der Waals surface area contributed by atoms with Gasteiger partial charge in [0.05, 0.1) is 5.04 Å². The lowest BCUT2D eigenvalue weighted by Gasteiger charge is -2.33. The first kappa shape index (κ1) is 19.2. The molecule has 1 aliphatic heterocycles. The molecule has 1 aliphatic rings. The van der Waals surface area contributed by atoms with Gasteiger partial charge in [0.1, 0.15) is 5.04 Å². The first-order valence-corrected chi connectivity index (χ1v) is 9.85. The monoisotopic (exact) mass is 345 g/mol. The van der Waals surface area contributed by atoms with E-state index in [4.69, 9.17) is 10.8 Å². The van der Waals surface area contributed by atoms with Crippen LogP contribution in [0.4, 0.5) is 0 Å². The number of rotatable bonds is 5. The van der Waals surface area contributed by atoms with Crippen molar-refractivity contribution in [2.24, 2.45) is 11.8 Å². The second-order valence-corrected chi connectivity index (χ2v) is 8.60. The fourth-order valence-electron chi connectivity index (χ4n) is 3.23. The molecule has 1 saturated heterocycles. The van der Waals surface area contributed by atoms with Gasteiger partial charge >= 0.3 is 0 Å². The van der Waals surface area contributed by atoms with E-state index in [1.54, 1.807) is 0 Å². The minimum absolute atomic E-state index is 0.462. The number of likely N-dealkylation sites (tertiary alicyclic amines) is 1. The molecule has 0 spiro atoms. The molecule has 1 aromatic carbocycles. The van der Waals surface area contributed by atoms with Crippen molar-refractivity contribution in [2.75, 3.05) is 19.6 Å². The van der Waals surface area contributed by atoms with Gasteiger partial charge in [0.25, 0.3) is 0 Å². The molecule has 3 nitrogen and oxygen atoms in total. The van der Waals surface area contributed by atoms with E-state index in [0.29, 0.717) is 22.6 Å². The molecule has 0 amide bonds. The van der Waals surface area contributed by atoms with Crippen LogP contribution >= 0.6 is 11.8 Å². The Kier molecular flexibility index (Phi) is 7.05. The molecule has 24 heavy (non-hydrogen) atoms. The van der Waals surface area contributed by atoms with Gasteiger partial charge in [-0.05, 0) is 55.3 Å². The lowest BCUT2D eigenvalue weighted by atomic mass is 9.87. The normalized spacial score (nSPS) is 16.8. The second-order valence-electron chi connectivity index (χ2n) is 7.49. The zero-order valence-electron chi connectivity index (χ0n) is 15.4. The van der Waals surface area contributed by atoms with Crippen LogP contribution in [-0.4, -0.2) is 34.6 Å². The largest absolute Gasteiger partial charge is 0.297 e. The standard InChI is InChI=1S/C20H31N3S/c1-14(2)16-8-10-23(11-9-16)13-19(21)24-20(22)18-7-5-6-17(12-18)15(3)4/h5-7,12,14-16,21-22H,8-11,13H2,1-4H3. The van der Waals surface area contributed by atoms with Crippen LogP contribution in [-0.2, 0) is 0 Å². The highest BCUT2D eigenvalue weighted by Gasteiger charge is 2.22. The third kappa shape index (κ3) is 5.45. The average molecular weight is 346 g/mol. The van der Waals surface area contributed by atoms with E-state index in [0.717, 1.165) is 30.5 Å². The Bertz CT molecular complexity index is 572. The Morgan fingerprint density at radius 2 is 1.83 bits per heavy atom. The molecule has 132 valence electrons. The molecule has 1 fully saturated rings. The molecular formula is C20H31N3S. The van der Waals surface area contributed by atoms with Gasteiger partial charge in [-0.25, -0.2) is 0 Å². The third-order valence-electron chi connectivity index (χ3n) is 4.98. The summed E-state index contributed by atoms with van der Waals surface area (Å²) in [5.74, 6) is 2.06. The number of nitrogens with one attached hydrogen (secondary N) is 2. The van der Waals surface area contributed by atoms with E-state index < -0.39 is 0 Å². The van der Waals surface area contributed by atoms with Crippen LogP contribution < -0.4 is 0 Å². The quantitative estimate of drug-likeness (QED) is 0.568. The zero-order valence-corrected chi connectivity index (χ0v) is 16.2. The summed E-state index contributed by atoms with van der Waals surface area (Å²) in [5, 5.41) is 17.6. The highest BCUT2D eigenvalue weighted by atomic mass is 32.2. The summed E-state index contributed by atoms with van der Waals surface area (Å²) in [6.07, 6.45) is 2.48. The maximum atomic E-state index is 8.31. The van der Waals surface area contributed by atoms with Crippen molar-refractivity contribution in [2.45, 2.75) is 46.5 Å². The van der Waals surface area contributed by atoms with Crippen molar-refractivity contribution >= 4 is 21.8 Å². The number of hydrogen-bond donors (Lipinski definition) is 2. The summed E-state index contributed by atoms with van der Waals surface area (Å²) in [4.78, 5) is 2.37. The molecule has 0 atom stereocenters. The van der Waals surface area contributed by atoms with Crippen molar-refractivity contribution < 1.29 is 0 Å². The summed E-state index contributed by atoms with van der Waals surface area (Å²) in [6, 6.07) is 8.18. The number of piperidine rings is 1. The van der Waals surface area contributed by atoms with E-state index in [1.807, 2.05) is 12.1 Å². The Labute approximate surface area is 151 Å². The highest BCUT2D eigenvalue weighted by Crippen LogP contribution is 2.25. The number of benzene rings is 1. The molecule has 0 radical (unpaired) electrons. The second kappa shape index (κ2) is 8.82. The molecule has 2 N–H and O–H groups in total. The Hall–Kier alpha value is -1.13. The minimum atomic E-state index is 0.462. The van der Waals surface area contributed by atoms with E-state index in [9.17, 15) is 0 Å². The molecule has 0 aliphatic carbocycles. The highest BCUT2D eigenvalue weighted by molar-refractivity contribution is 8.26. The summed E-state index contributed by atoms with van der Waals surface area (Å²) in [6.45, 7) is 11.8. The third-order valence-corrected chi connectivity index (χ3v) is 5.80. The number of nitrogens with zero attached hydrogens (tertiary/aromatic N) is 1. The van der Waals surface area contributed by atoms with Crippen molar-refractivity contribution in [3.8, 4) is 0 Å². The van der Waals surface area contributed by atoms with Crippen LogP contribution in [0.25, 0.3) is 0 Å². The summed E-state index contributed by atoms with van der Waals surface area (Å²) in [5.41, 5.74) is 2.18. The smallest absolute Gasteiger partial charge is 0.100 e. The van der Waals surface area contributed by atoms with Gasteiger partial charge in [-0.2, -0.15) is 0 Å². The summed E-state index contributed by atoms with van der Waals surface area (Å²) < 4.78 is 0. The lowest BCUT2D eigenvalue weighted by molar-refractivity contribution is 0.175. The van der Waals surface area contributed by atoms with Crippen LogP contribution in [0.2, 0.25) is 0 Å². The van der Waals surface area contributed by atoms with Gasteiger partial charge in [-0.3, -0.25) is 15.7 Å². The van der Waals surface area contributed by atoms with Crippen LogP contribution in [0, 0.1) is 22.7 Å². The van der Waals surface area contributed by atoms with E-state index in [1.165, 1.54) is 30.2 Å². The van der Waals surface area contributed by atoms with Crippen LogP contribution in [0.15, 0.2) is 24.3 Å². The van der Waals surface area contributed by atoms with Crippen molar-refractivity contribution in [1.82, 2.24) is 4.90 Å². The first-order chi connectivity index (χ1) is 11.4. The minimum Gasteiger partial charge on any atom is -0.297 e. The molecule has 0 unspecified atom stereocenters. The SMILES string of the molecule is CC(C)c1cccc(C(=N)SC(=N)CN2CCC(C(C)C)CC2)c1. The van der Waals surface area contributed by atoms with Gasteiger partial charge in [-0.15, -0.1) is 0 Å². The Balaban J connectivity index is 1.84. The fraction of sp³-hybridized carbons (Fsp3) is 0.600. The molecular weight excluding hydrogens is 314 g/mol. The lowest BCUT2D eigenvalue weighted by Crippen LogP contribution is -2.37. The molecule has 1 heterocycles. The van der Waals surface area contributed by atoms with Crippen molar-refractivity contribution in [1.29, 1.82) is 10.8 Å². The summed E-state index contributed by atoms with van der Waals surface area (Å²) in [7, 11) is 0. The van der Waals surface area contributed by atoms with Crippen molar-refractivity contribution in [3.63, 3.8) is 0 Å². The topological polar surface area (TPSA) is 50.9 Å². The molecule has 4 heteroatoms. The molecule has 0 saturated carbocycles. The van der Waals surface area contributed by atoms with Crippen molar-refractivity contribution in [3.05, 3.63) is 35.4 Å². The summed E-state index contributed by atoms with van der Waals surface area (Å²) >= 11 is 1.30. The zero-order chi connectivity index (χ0) is 17.7. The Morgan fingerprint density at radius 3 is 2.42 bits per heavy atom. The fourth-order valence-corrected chi connectivity index (χ4v) is 3.97. The maximum absolute atomic E-state index is 8.31. The van der Waals surface area contributed by atoms with Crippen LogP contribution in [0.1, 0.15) is 57.6 Å². The van der Waals surface area contributed by atoms with E-state index >= 15 is 0 Å². The predicted octanol–water partition coefficient (Wildman–Crippen LogP) is 5.21. The van der Waals surface area contributed by atoms with Gasteiger partial charge in [0, 0.05) is 12.1 Å². The maximum Gasteiger partial charge on any atom is 0.100 e. The predicted molar refractivity (Wildman–Crippen MR) is 107 cm³/mol. The molecule has 0 aromatic heterocycles. The molecule has 0 bridgehead atoms. The first-order valence-electron chi connectivity index (χ1n) is 9.03. The Morgan fingerprint density at radius 1 is 1.17 bits per heavy atom. The van der Waals surface area contributed by atoms with Gasteiger partial charge < -0.3 is 0 Å². The van der Waals surface area contributed by atoms with Crippen LogP contribution in [0.3, 0.4) is 0 Å². The van der Waals surface area contributed by atoms with E-state index in [2.05, 4.69) is 44.7 Å². The number of thioether (sulfide) groups is 1. The van der Waals surface area contributed by atoms with Gasteiger partial charge in [0.2, 0.25) is 0 Å². The van der Waals surface area contributed by atoms with Crippen LogP contribution in [0.5, 0.6) is 0 Å².